The smallest absolute Gasteiger partial charge is 0.164 e. The minimum Gasteiger partial charge on any atom is -0.512 e. The Morgan fingerprint density at radius 3 is 2.07 bits per heavy atom. The Morgan fingerprint density at radius 1 is 0.772 bits per heavy atom. The van der Waals surface area contributed by atoms with Crippen molar-refractivity contribution in [1.29, 1.82) is 0 Å². The van der Waals surface area contributed by atoms with Gasteiger partial charge in [0.2, 0.25) is 0 Å². The summed E-state index contributed by atoms with van der Waals surface area (Å²) in [7, 11) is 0. The van der Waals surface area contributed by atoms with Crippen LogP contribution in [0.1, 0.15) is 118 Å². The van der Waals surface area contributed by atoms with Crippen LogP contribution in [0.15, 0.2) is 108 Å². The predicted molar refractivity (Wildman–Crippen MR) is 235 cm³/mol. The second-order valence-electron chi connectivity index (χ2n) is 16.4. The topological polar surface area (TPSA) is 76.2 Å². The van der Waals surface area contributed by atoms with E-state index in [1.807, 2.05) is 53.7 Å². The molecular weight excluding hydrogens is 881 g/mol. The van der Waals surface area contributed by atoms with Gasteiger partial charge in [0, 0.05) is 53.5 Å². The van der Waals surface area contributed by atoms with Gasteiger partial charge in [-0.2, -0.15) is 0 Å². The van der Waals surface area contributed by atoms with Gasteiger partial charge in [-0.25, -0.2) is 4.98 Å². The van der Waals surface area contributed by atoms with Gasteiger partial charge in [-0.1, -0.05) is 147 Å². The maximum atomic E-state index is 12.2. The van der Waals surface area contributed by atoms with Crippen molar-refractivity contribution < 1.29 is 34.4 Å². The number of carbonyl (C=O) groups is 1. The van der Waals surface area contributed by atoms with Crippen LogP contribution in [0, 0.1) is 16.9 Å². The van der Waals surface area contributed by atoms with Crippen LogP contribution in [-0.4, -0.2) is 20.9 Å². The van der Waals surface area contributed by atoms with Crippen LogP contribution in [0.3, 0.4) is 0 Å². The first-order valence-electron chi connectivity index (χ1n) is 20.4. The largest absolute Gasteiger partial charge is 0.512 e. The van der Waals surface area contributed by atoms with Crippen molar-refractivity contribution in [3.8, 4) is 22.4 Å². The molecule has 0 bridgehead atoms. The Labute approximate surface area is 352 Å². The Balaban J connectivity index is 0.000000295. The molecule has 299 valence electrons. The maximum absolute atomic E-state index is 12.2. The van der Waals surface area contributed by atoms with E-state index in [0.717, 1.165) is 75.3 Å². The summed E-state index contributed by atoms with van der Waals surface area (Å²) in [6.45, 7) is 21.1. The predicted octanol–water partition coefficient (Wildman–Crippen LogP) is 14.7. The van der Waals surface area contributed by atoms with Crippen molar-refractivity contribution in [3.05, 3.63) is 120 Å². The second kappa shape index (κ2) is 17.9. The summed E-state index contributed by atoms with van der Waals surface area (Å²) in [5.41, 5.74) is 8.73. The second-order valence-corrected chi connectivity index (χ2v) is 16.4. The third-order valence-corrected chi connectivity index (χ3v) is 12.4. The Kier molecular flexibility index (Phi) is 13.6. The van der Waals surface area contributed by atoms with Gasteiger partial charge in [0.15, 0.2) is 5.78 Å². The van der Waals surface area contributed by atoms with Gasteiger partial charge in [-0.15, -0.1) is 18.2 Å². The molecule has 2 aromatic heterocycles. The van der Waals surface area contributed by atoms with Crippen LogP contribution in [0.4, 0.5) is 0 Å². The van der Waals surface area contributed by atoms with E-state index in [-0.39, 0.29) is 42.5 Å². The molecule has 0 saturated heterocycles. The van der Waals surface area contributed by atoms with Crippen LogP contribution in [0.2, 0.25) is 0 Å². The number of furan rings is 1. The molecule has 7 rings (SSSR count). The number of hydrogen-bond acceptors (Lipinski definition) is 5. The fraction of sp³-hybridized carbons (Fsp3) is 0.353. The van der Waals surface area contributed by atoms with E-state index in [2.05, 4.69) is 107 Å². The van der Waals surface area contributed by atoms with Crippen molar-refractivity contribution in [2.75, 3.05) is 0 Å². The number of aliphatic hydroxyl groups excluding tert-OH is 1. The van der Waals surface area contributed by atoms with Crippen LogP contribution in [-0.2, 0) is 24.9 Å². The van der Waals surface area contributed by atoms with E-state index in [1.54, 1.807) is 6.33 Å². The summed E-state index contributed by atoms with van der Waals surface area (Å²) in [6.07, 6.45) is 6.44. The van der Waals surface area contributed by atoms with Gasteiger partial charge in [-0.05, 0) is 76.6 Å². The fourth-order valence-electron chi connectivity index (χ4n) is 7.44. The summed E-state index contributed by atoms with van der Waals surface area (Å²) in [5, 5.41) is 15.7. The van der Waals surface area contributed by atoms with E-state index in [4.69, 9.17) is 14.4 Å². The zero-order valence-electron chi connectivity index (χ0n) is 35.2. The molecule has 5 aromatic carbocycles. The van der Waals surface area contributed by atoms with E-state index in [0.29, 0.717) is 11.8 Å². The van der Waals surface area contributed by atoms with Gasteiger partial charge in [-0.3, -0.25) is 9.78 Å². The molecular formula is C51H57IrN2O3-. The zero-order valence-corrected chi connectivity index (χ0v) is 37.6. The number of nitrogens with zero attached hydrogens (tertiary/aromatic N) is 2. The number of aromatic nitrogens is 2. The van der Waals surface area contributed by atoms with Gasteiger partial charge in [0.1, 0.15) is 17.7 Å². The summed E-state index contributed by atoms with van der Waals surface area (Å²) in [6, 6.07) is 33.4. The minimum atomic E-state index is -0.337. The fourth-order valence-corrected chi connectivity index (χ4v) is 7.44. The molecule has 0 aliphatic heterocycles. The minimum absolute atomic E-state index is 0. The molecule has 1 N–H and O–H groups in total. The first-order valence-corrected chi connectivity index (χ1v) is 20.4. The molecule has 0 saturated carbocycles. The van der Waals surface area contributed by atoms with E-state index < -0.39 is 0 Å². The molecule has 0 aliphatic carbocycles. The number of allylic oxidation sites excluding steroid dienone is 2. The van der Waals surface area contributed by atoms with Crippen molar-refractivity contribution in [2.45, 2.75) is 107 Å². The third kappa shape index (κ3) is 8.50. The third-order valence-electron chi connectivity index (χ3n) is 12.4. The van der Waals surface area contributed by atoms with Gasteiger partial charge in [0.25, 0.3) is 0 Å². The van der Waals surface area contributed by atoms with Gasteiger partial charge < -0.3 is 9.52 Å². The van der Waals surface area contributed by atoms with Gasteiger partial charge in [0.05, 0.1) is 11.1 Å². The monoisotopic (exact) mass is 938 g/mol. The first-order chi connectivity index (χ1) is 26.8. The molecule has 0 unspecified atom stereocenters. The number of fused-ring (bicyclic) bond motifs is 6. The number of rotatable bonds is 11. The van der Waals surface area contributed by atoms with E-state index in [9.17, 15) is 9.90 Å². The normalized spacial score (nSPS) is 12.4. The summed E-state index contributed by atoms with van der Waals surface area (Å²) in [4.78, 5) is 21.8. The van der Waals surface area contributed by atoms with Crippen LogP contribution < -0.4 is 0 Å². The number of benzene rings is 5. The molecule has 57 heavy (non-hydrogen) atoms. The SMILES string of the molecule is CC(C)c1cc(C(C)C)c2c(ccc3c(-c4[c-]ccc5c4oc4cc(-c6ccccc6)ccc45)ncnc32)c1.CCC(C)(CC)C(=O)/C=C(\O)C(C)(CC)CC.[Ir]. The van der Waals surface area contributed by atoms with Crippen LogP contribution in [0.5, 0.6) is 0 Å². The summed E-state index contributed by atoms with van der Waals surface area (Å²) >= 11 is 0. The Hall–Kier alpha value is -4.64. The molecule has 1 radical (unpaired) electrons. The standard InChI is InChI=1S/C36H29N2O.C15H28O2.Ir/c1-21(2)26-17-25-14-16-29-34(37-20-38-35(29)33(25)31(18-26)22(3)4)30-12-8-11-28-27-15-13-24(19-32(27)39-36(28)30)23-9-6-5-7-10-23;1-7-14(5,8-2)12(16)11-13(17)15(6,9-3)10-4;/h5-11,13-22H,1-4H3;11,16H,7-10H2,1-6H3;/q-1;;/b;12-11-;. The summed E-state index contributed by atoms with van der Waals surface area (Å²) in [5.74, 6) is 1.12. The molecule has 2 heterocycles. The molecule has 0 atom stereocenters. The average Bonchev–Trinajstić information content (AvgIpc) is 3.61. The Bertz CT molecular complexity index is 2540. The van der Waals surface area contributed by atoms with Crippen molar-refractivity contribution in [3.63, 3.8) is 0 Å². The van der Waals surface area contributed by atoms with E-state index in [1.165, 1.54) is 33.5 Å². The molecule has 5 nitrogen and oxygen atoms in total. The number of hydrogen-bond donors (Lipinski definition) is 1. The molecule has 0 aliphatic rings. The molecule has 0 fully saturated rings. The Morgan fingerprint density at radius 2 is 1.44 bits per heavy atom. The number of ketones is 1. The molecule has 6 heteroatoms. The molecule has 7 aromatic rings. The zero-order chi connectivity index (χ0) is 40.4. The summed E-state index contributed by atoms with van der Waals surface area (Å²) < 4.78 is 6.55. The first kappa shape index (κ1) is 43.5. The number of aliphatic hydroxyl groups is 1. The maximum Gasteiger partial charge on any atom is 0.164 e. The van der Waals surface area contributed by atoms with Crippen molar-refractivity contribution >= 4 is 49.4 Å². The average molecular weight is 938 g/mol. The molecule has 0 spiro atoms. The molecule has 0 amide bonds. The number of carbonyl (C=O) groups excluding carboxylic acids is 1. The van der Waals surface area contributed by atoms with Gasteiger partial charge >= 0.3 is 0 Å². The van der Waals surface area contributed by atoms with Crippen molar-refractivity contribution in [2.24, 2.45) is 10.8 Å². The van der Waals surface area contributed by atoms with Crippen LogP contribution >= 0.6 is 0 Å². The van der Waals surface area contributed by atoms with E-state index >= 15 is 0 Å². The van der Waals surface area contributed by atoms with Crippen LogP contribution in [0.25, 0.3) is 66.0 Å². The van der Waals surface area contributed by atoms with Crippen molar-refractivity contribution in [1.82, 2.24) is 9.97 Å². The quantitative estimate of drug-likeness (QED) is 0.0605.